The second kappa shape index (κ2) is 4.30. The van der Waals surface area contributed by atoms with Gasteiger partial charge in [-0.15, -0.1) is 0 Å². The molecular formula is C11H21NO2. The standard InChI is InChI=1S/C11H21NO2/c1-11(2,3)9-7-12-6-5-8(9)10(13)14-4/h8-9,12H,5-7H2,1-4H3. The predicted molar refractivity (Wildman–Crippen MR) is 55.9 cm³/mol. The van der Waals surface area contributed by atoms with Crippen LogP contribution in [0.25, 0.3) is 0 Å². The molecule has 3 nitrogen and oxygen atoms in total. The van der Waals surface area contributed by atoms with Gasteiger partial charge < -0.3 is 10.1 Å². The molecule has 1 aliphatic rings. The Hall–Kier alpha value is -0.570. The van der Waals surface area contributed by atoms with E-state index >= 15 is 0 Å². The van der Waals surface area contributed by atoms with Crippen molar-refractivity contribution in [1.82, 2.24) is 5.32 Å². The van der Waals surface area contributed by atoms with Crippen LogP contribution in [0.2, 0.25) is 0 Å². The smallest absolute Gasteiger partial charge is 0.309 e. The number of hydrogen-bond acceptors (Lipinski definition) is 3. The predicted octanol–water partition coefficient (Wildman–Crippen LogP) is 1.43. The van der Waals surface area contributed by atoms with Crippen LogP contribution in [-0.2, 0) is 9.53 Å². The summed E-state index contributed by atoms with van der Waals surface area (Å²) in [6, 6.07) is 0. The first-order valence-electron chi connectivity index (χ1n) is 5.25. The SMILES string of the molecule is COC(=O)C1CCNCC1C(C)(C)C. The van der Waals surface area contributed by atoms with E-state index in [0.717, 1.165) is 19.5 Å². The van der Waals surface area contributed by atoms with Crippen molar-refractivity contribution in [1.29, 1.82) is 0 Å². The Bertz CT molecular complexity index is 208. The fourth-order valence-corrected chi connectivity index (χ4v) is 2.20. The van der Waals surface area contributed by atoms with Crippen molar-refractivity contribution in [2.24, 2.45) is 17.3 Å². The van der Waals surface area contributed by atoms with E-state index in [-0.39, 0.29) is 17.3 Å². The molecule has 0 aromatic rings. The molecule has 0 aromatic heterocycles. The Balaban J connectivity index is 2.74. The van der Waals surface area contributed by atoms with E-state index in [2.05, 4.69) is 26.1 Å². The highest BCUT2D eigenvalue weighted by atomic mass is 16.5. The highest BCUT2D eigenvalue weighted by Gasteiger charge is 2.38. The van der Waals surface area contributed by atoms with Crippen molar-refractivity contribution in [3.05, 3.63) is 0 Å². The van der Waals surface area contributed by atoms with Gasteiger partial charge in [0.2, 0.25) is 0 Å². The van der Waals surface area contributed by atoms with E-state index in [4.69, 9.17) is 4.74 Å². The van der Waals surface area contributed by atoms with Crippen LogP contribution in [0, 0.1) is 17.3 Å². The summed E-state index contributed by atoms with van der Waals surface area (Å²) >= 11 is 0. The number of nitrogens with one attached hydrogen (secondary N) is 1. The first-order valence-corrected chi connectivity index (χ1v) is 5.25. The number of methoxy groups -OCH3 is 1. The highest BCUT2D eigenvalue weighted by molar-refractivity contribution is 5.73. The van der Waals surface area contributed by atoms with Gasteiger partial charge in [-0.3, -0.25) is 4.79 Å². The lowest BCUT2D eigenvalue weighted by Gasteiger charge is -2.39. The average Bonchev–Trinajstić information content (AvgIpc) is 2.15. The van der Waals surface area contributed by atoms with Gasteiger partial charge in [-0.05, 0) is 30.8 Å². The van der Waals surface area contributed by atoms with Crippen LogP contribution in [0.1, 0.15) is 27.2 Å². The topological polar surface area (TPSA) is 38.3 Å². The van der Waals surface area contributed by atoms with Gasteiger partial charge in [0.15, 0.2) is 0 Å². The molecule has 2 unspecified atom stereocenters. The lowest BCUT2D eigenvalue weighted by molar-refractivity contribution is -0.150. The first kappa shape index (κ1) is 11.5. The molecule has 1 heterocycles. The van der Waals surface area contributed by atoms with Crippen LogP contribution in [0.3, 0.4) is 0 Å². The number of piperidine rings is 1. The lowest BCUT2D eigenvalue weighted by atomic mass is 9.70. The summed E-state index contributed by atoms with van der Waals surface area (Å²) < 4.78 is 4.85. The molecule has 3 heteroatoms. The molecular weight excluding hydrogens is 178 g/mol. The molecule has 0 bridgehead atoms. The van der Waals surface area contributed by atoms with Crippen LogP contribution in [0.15, 0.2) is 0 Å². The average molecular weight is 199 g/mol. The van der Waals surface area contributed by atoms with E-state index < -0.39 is 0 Å². The Morgan fingerprint density at radius 1 is 1.43 bits per heavy atom. The van der Waals surface area contributed by atoms with Gasteiger partial charge in [0.05, 0.1) is 13.0 Å². The molecule has 1 saturated heterocycles. The quantitative estimate of drug-likeness (QED) is 0.649. The Morgan fingerprint density at radius 2 is 2.07 bits per heavy atom. The minimum atomic E-state index is -0.0496. The van der Waals surface area contributed by atoms with E-state index in [9.17, 15) is 4.79 Å². The third-order valence-corrected chi connectivity index (χ3v) is 3.10. The molecule has 0 saturated carbocycles. The van der Waals surface area contributed by atoms with E-state index in [1.807, 2.05) is 0 Å². The fraction of sp³-hybridized carbons (Fsp3) is 0.909. The van der Waals surface area contributed by atoms with Crippen molar-refractivity contribution in [2.75, 3.05) is 20.2 Å². The minimum Gasteiger partial charge on any atom is -0.469 e. The van der Waals surface area contributed by atoms with Crippen LogP contribution >= 0.6 is 0 Å². The number of hydrogen-bond donors (Lipinski definition) is 1. The molecule has 0 aromatic carbocycles. The van der Waals surface area contributed by atoms with Gasteiger partial charge in [-0.25, -0.2) is 0 Å². The Morgan fingerprint density at radius 3 is 2.57 bits per heavy atom. The summed E-state index contributed by atoms with van der Waals surface area (Å²) in [6.07, 6.45) is 0.897. The molecule has 82 valence electrons. The third-order valence-electron chi connectivity index (χ3n) is 3.10. The molecule has 0 aliphatic carbocycles. The van der Waals surface area contributed by atoms with Gasteiger partial charge in [-0.1, -0.05) is 20.8 Å². The molecule has 2 atom stereocenters. The largest absolute Gasteiger partial charge is 0.469 e. The van der Waals surface area contributed by atoms with Gasteiger partial charge in [0, 0.05) is 0 Å². The monoisotopic (exact) mass is 199 g/mol. The Kier molecular flexibility index (Phi) is 3.53. The van der Waals surface area contributed by atoms with E-state index in [0.29, 0.717) is 5.92 Å². The van der Waals surface area contributed by atoms with Crippen LogP contribution in [0.4, 0.5) is 0 Å². The van der Waals surface area contributed by atoms with Crippen molar-refractivity contribution >= 4 is 5.97 Å². The zero-order valence-electron chi connectivity index (χ0n) is 9.59. The van der Waals surface area contributed by atoms with Gasteiger partial charge in [0.25, 0.3) is 0 Å². The van der Waals surface area contributed by atoms with Crippen molar-refractivity contribution < 1.29 is 9.53 Å². The second-order valence-corrected chi connectivity index (χ2v) is 5.09. The Labute approximate surface area is 86.2 Å². The molecule has 0 spiro atoms. The molecule has 1 aliphatic heterocycles. The van der Waals surface area contributed by atoms with Gasteiger partial charge in [0.1, 0.15) is 0 Å². The van der Waals surface area contributed by atoms with Crippen molar-refractivity contribution in [3.8, 4) is 0 Å². The number of rotatable bonds is 1. The summed E-state index contributed by atoms with van der Waals surface area (Å²) in [6.45, 7) is 8.39. The molecule has 0 amide bonds. The summed E-state index contributed by atoms with van der Waals surface area (Å²) in [5, 5.41) is 3.34. The maximum Gasteiger partial charge on any atom is 0.309 e. The fourth-order valence-electron chi connectivity index (χ4n) is 2.20. The van der Waals surface area contributed by atoms with Crippen molar-refractivity contribution in [2.45, 2.75) is 27.2 Å². The normalized spacial score (nSPS) is 28.6. The zero-order valence-corrected chi connectivity index (χ0v) is 9.59. The summed E-state index contributed by atoms with van der Waals surface area (Å²) in [5.74, 6) is 0.399. The minimum absolute atomic E-state index is 0.0496. The number of esters is 1. The highest BCUT2D eigenvalue weighted by Crippen LogP contribution is 2.35. The molecule has 1 rings (SSSR count). The lowest BCUT2D eigenvalue weighted by Crippen LogP contribution is -2.46. The molecule has 1 N–H and O–H groups in total. The van der Waals surface area contributed by atoms with Crippen LogP contribution < -0.4 is 5.32 Å². The van der Waals surface area contributed by atoms with Crippen LogP contribution in [0.5, 0.6) is 0 Å². The second-order valence-electron chi connectivity index (χ2n) is 5.09. The number of ether oxygens (including phenoxy) is 1. The van der Waals surface area contributed by atoms with Crippen molar-refractivity contribution in [3.63, 3.8) is 0 Å². The van der Waals surface area contributed by atoms with Gasteiger partial charge >= 0.3 is 5.97 Å². The maximum atomic E-state index is 11.6. The number of carbonyl (C=O) groups excluding carboxylic acids is 1. The maximum absolute atomic E-state index is 11.6. The number of carbonyl (C=O) groups is 1. The molecule has 1 fully saturated rings. The third kappa shape index (κ3) is 2.47. The summed E-state index contributed by atoms with van der Waals surface area (Å²) in [5.41, 5.74) is 0.159. The summed E-state index contributed by atoms with van der Waals surface area (Å²) in [4.78, 5) is 11.6. The first-order chi connectivity index (χ1) is 6.46. The van der Waals surface area contributed by atoms with Crippen LogP contribution in [-0.4, -0.2) is 26.2 Å². The van der Waals surface area contributed by atoms with E-state index in [1.165, 1.54) is 7.11 Å². The van der Waals surface area contributed by atoms with E-state index in [1.54, 1.807) is 0 Å². The molecule has 14 heavy (non-hydrogen) atoms. The molecule has 0 radical (unpaired) electrons. The summed E-state index contributed by atoms with van der Waals surface area (Å²) in [7, 11) is 1.48. The van der Waals surface area contributed by atoms with Gasteiger partial charge in [-0.2, -0.15) is 0 Å². The zero-order chi connectivity index (χ0) is 10.8.